The lowest BCUT2D eigenvalue weighted by atomic mass is 10.0. The number of β-amino-alcohol motifs (C(OH)–C–C–N with tert-alkyl or cyclic N) is 1. The Labute approximate surface area is 152 Å². The van der Waals surface area contributed by atoms with E-state index in [-0.39, 0.29) is 0 Å². The van der Waals surface area contributed by atoms with Crippen LogP contribution in [-0.4, -0.2) is 40.8 Å². The van der Waals surface area contributed by atoms with Gasteiger partial charge in [-0.1, -0.05) is 29.8 Å². The molecule has 25 heavy (non-hydrogen) atoms. The van der Waals surface area contributed by atoms with Gasteiger partial charge in [0.05, 0.1) is 13.7 Å². The standard InChI is InChI=1S/C20H23N2O2S/c1-15-4-6-16(7-5-15)20(23)14-21(19-22(20)12-3-13-25-19)17-8-10-18(24-2)11-9-17/h4-11,23H,3,12-14H2,1-2H3/q+1/t20-/m0/s1. The molecule has 5 heteroatoms. The van der Waals surface area contributed by atoms with Crippen LogP contribution < -0.4 is 9.64 Å². The number of anilines is 1. The van der Waals surface area contributed by atoms with Gasteiger partial charge in [-0.05, 0) is 49.4 Å². The first-order valence-corrected chi connectivity index (χ1v) is 9.59. The molecule has 1 atom stereocenters. The van der Waals surface area contributed by atoms with Crippen LogP contribution in [0.3, 0.4) is 0 Å². The normalized spacial score (nSPS) is 22.9. The Balaban J connectivity index is 1.75. The number of aliphatic hydroxyl groups is 1. The lowest BCUT2D eigenvalue weighted by molar-refractivity contribution is -0.656. The molecule has 0 saturated heterocycles. The number of thioether (sulfide) groups is 1. The second kappa shape index (κ2) is 6.39. The molecule has 2 aliphatic rings. The number of hydrogen-bond acceptors (Lipinski definition) is 4. The van der Waals surface area contributed by atoms with Crippen LogP contribution in [0.15, 0.2) is 48.5 Å². The van der Waals surface area contributed by atoms with E-state index in [1.54, 1.807) is 7.11 Å². The molecule has 0 spiro atoms. The Hall–Kier alpha value is -1.98. The maximum Gasteiger partial charge on any atom is 0.316 e. The molecule has 0 aromatic heterocycles. The minimum absolute atomic E-state index is 0.532. The first-order chi connectivity index (χ1) is 12.1. The van der Waals surface area contributed by atoms with E-state index in [9.17, 15) is 5.11 Å². The largest absolute Gasteiger partial charge is 0.497 e. The van der Waals surface area contributed by atoms with Crippen LogP contribution in [0.2, 0.25) is 0 Å². The third-order valence-electron chi connectivity index (χ3n) is 4.94. The van der Waals surface area contributed by atoms with Crippen LogP contribution in [0.1, 0.15) is 17.5 Å². The van der Waals surface area contributed by atoms with Gasteiger partial charge >= 0.3 is 5.17 Å². The summed E-state index contributed by atoms with van der Waals surface area (Å²) < 4.78 is 7.43. The fraction of sp³-hybridized carbons (Fsp3) is 0.350. The van der Waals surface area contributed by atoms with Crippen molar-refractivity contribution >= 4 is 22.6 Å². The molecule has 2 heterocycles. The molecule has 2 aromatic carbocycles. The molecule has 2 aromatic rings. The molecule has 0 unspecified atom stereocenters. The van der Waals surface area contributed by atoms with Gasteiger partial charge in [-0.25, -0.2) is 9.48 Å². The van der Waals surface area contributed by atoms with E-state index >= 15 is 0 Å². The fourth-order valence-corrected chi connectivity index (χ4v) is 4.71. The molecule has 0 radical (unpaired) electrons. The lowest BCUT2D eigenvalue weighted by Crippen LogP contribution is -2.41. The van der Waals surface area contributed by atoms with Gasteiger partial charge in [0.2, 0.25) is 0 Å². The van der Waals surface area contributed by atoms with Crippen molar-refractivity contribution in [1.82, 2.24) is 0 Å². The Morgan fingerprint density at radius 1 is 1.12 bits per heavy atom. The predicted octanol–water partition coefficient (Wildman–Crippen LogP) is 3.17. The molecule has 4 rings (SSSR count). The summed E-state index contributed by atoms with van der Waals surface area (Å²) in [6.45, 7) is 3.48. The van der Waals surface area contributed by atoms with Crippen LogP contribution >= 0.6 is 11.8 Å². The molecule has 2 aliphatic heterocycles. The number of methoxy groups -OCH3 is 1. The molecular weight excluding hydrogens is 332 g/mol. The Morgan fingerprint density at radius 3 is 2.52 bits per heavy atom. The first kappa shape index (κ1) is 16.5. The summed E-state index contributed by atoms with van der Waals surface area (Å²) in [4.78, 5) is 2.23. The average Bonchev–Trinajstić information content (AvgIpc) is 2.97. The summed E-state index contributed by atoms with van der Waals surface area (Å²) in [5, 5.41) is 12.7. The molecule has 0 fully saturated rings. The number of benzene rings is 2. The van der Waals surface area contributed by atoms with Gasteiger partial charge < -0.3 is 9.84 Å². The highest BCUT2D eigenvalue weighted by Gasteiger charge is 2.53. The maximum absolute atomic E-state index is 11.6. The highest BCUT2D eigenvalue weighted by Crippen LogP contribution is 2.37. The van der Waals surface area contributed by atoms with Crippen LogP contribution in [-0.2, 0) is 5.72 Å². The summed E-state index contributed by atoms with van der Waals surface area (Å²) in [5.41, 5.74) is 2.25. The number of hydrogen-bond donors (Lipinski definition) is 1. The number of aryl methyl sites for hydroxylation is 1. The zero-order chi connectivity index (χ0) is 17.4. The van der Waals surface area contributed by atoms with Gasteiger partial charge in [-0.2, -0.15) is 0 Å². The third kappa shape index (κ3) is 2.81. The van der Waals surface area contributed by atoms with Crippen molar-refractivity contribution < 1.29 is 14.4 Å². The average molecular weight is 355 g/mol. The van der Waals surface area contributed by atoms with Crippen molar-refractivity contribution in [2.45, 2.75) is 19.1 Å². The van der Waals surface area contributed by atoms with E-state index < -0.39 is 5.72 Å². The van der Waals surface area contributed by atoms with Gasteiger partial charge in [0.15, 0.2) is 6.54 Å². The molecule has 0 saturated carbocycles. The summed E-state index contributed by atoms with van der Waals surface area (Å²) in [6, 6.07) is 16.3. The molecule has 0 bridgehead atoms. The zero-order valence-electron chi connectivity index (χ0n) is 14.6. The predicted molar refractivity (Wildman–Crippen MR) is 103 cm³/mol. The maximum atomic E-state index is 11.6. The van der Waals surface area contributed by atoms with E-state index in [1.165, 1.54) is 5.56 Å². The van der Waals surface area contributed by atoms with E-state index in [0.717, 1.165) is 40.9 Å². The highest BCUT2D eigenvalue weighted by atomic mass is 32.2. The van der Waals surface area contributed by atoms with Crippen molar-refractivity contribution in [2.75, 3.05) is 30.9 Å². The van der Waals surface area contributed by atoms with Crippen LogP contribution in [0, 0.1) is 6.92 Å². The van der Waals surface area contributed by atoms with Gasteiger partial charge in [0, 0.05) is 11.3 Å². The summed E-state index contributed by atoms with van der Waals surface area (Å²) in [5.74, 6) is 1.93. The molecule has 0 aliphatic carbocycles. The van der Waals surface area contributed by atoms with Crippen LogP contribution in [0.5, 0.6) is 5.75 Å². The summed E-state index contributed by atoms with van der Waals surface area (Å²) in [7, 11) is 1.68. The number of rotatable bonds is 3. The fourth-order valence-electron chi connectivity index (χ4n) is 3.53. The SMILES string of the molecule is COc1ccc(N2C[C@](O)(c3ccc(C)cc3)[N+]3=C2SCCC3)cc1. The minimum atomic E-state index is -0.990. The van der Waals surface area contributed by atoms with E-state index in [2.05, 4.69) is 40.7 Å². The van der Waals surface area contributed by atoms with Crippen LogP contribution in [0.4, 0.5) is 5.69 Å². The van der Waals surface area contributed by atoms with Crippen LogP contribution in [0.25, 0.3) is 0 Å². The summed E-state index contributed by atoms with van der Waals surface area (Å²) in [6.07, 6.45) is 1.08. The zero-order valence-corrected chi connectivity index (χ0v) is 15.4. The molecule has 0 amide bonds. The second-order valence-corrected chi connectivity index (χ2v) is 7.67. The smallest absolute Gasteiger partial charge is 0.316 e. The molecule has 4 nitrogen and oxygen atoms in total. The van der Waals surface area contributed by atoms with Crippen molar-refractivity contribution in [3.8, 4) is 5.75 Å². The van der Waals surface area contributed by atoms with Gasteiger partial charge in [-0.3, -0.25) is 0 Å². The minimum Gasteiger partial charge on any atom is -0.497 e. The molecule has 1 N–H and O–H groups in total. The third-order valence-corrected chi connectivity index (χ3v) is 6.13. The quantitative estimate of drug-likeness (QED) is 0.858. The number of nitrogens with zero attached hydrogens (tertiary/aromatic N) is 2. The Morgan fingerprint density at radius 2 is 1.84 bits per heavy atom. The first-order valence-electron chi connectivity index (χ1n) is 8.60. The highest BCUT2D eigenvalue weighted by molar-refractivity contribution is 8.13. The van der Waals surface area contributed by atoms with Gasteiger partial charge in [-0.15, -0.1) is 0 Å². The van der Waals surface area contributed by atoms with Gasteiger partial charge in [0.1, 0.15) is 11.4 Å². The van der Waals surface area contributed by atoms with Crippen molar-refractivity contribution in [1.29, 1.82) is 0 Å². The van der Waals surface area contributed by atoms with Crippen molar-refractivity contribution in [3.63, 3.8) is 0 Å². The number of ether oxygens (including phenoxy) is 1. The van der Waals surface area contributed by atoms with Gasteiger partial charge in [0.25, 0.3) is 5.72 Å². The van der Waals surface area contributed by atoms with Crippen molar-refractivity contribution in [3.05, 3.63) is 59.7 Å². The molecular formula is C20H23N2O2S+. The Kier molecular flexibility index (Phi) is 4.21. The van der Waals surface area contributed by atoms with E-state index in [1.807, 2.05) is 36.0 Å². The van der Waals surface area contributed by atoms with E-state index in [4.69, 9.17) is 4.74 Å². The topological polar surface area (TPSA) is 35.7 Å². The van der Waals surface area contributed by atoms with E-state index in [0.29, 0.717) is 6.54 Å². The second-order valence-electron chi connectivity index (χ2n) is 6.60. The lowest BCUT2D eigenvalue weighted by Gasteiger charge is -2.24. The summed E-state index contributed by atoms with van der Waals surface area (Å²) >= 11 is 1.82. The van der Waals surface area contributed by atoms with Crippen molar-refractivity contribution in [2.24, 2.45) is 0 Å². The molecule has 130 valence electrons. The Bertz CT molecular complexity index is 801. The number of amidine groups is 1. The monoisotopic (exact) mass is 355 g/mol.